The van der Waals surface area contributed by atoms with Gasteiger partial charge in [0.25, 0.3) is 0 Å². The molecular formula is C14H23NO2. The molecule has 0 bridgehead atoms. The van der Waals surface area contributed by atoms with Gasteiger partial charge in [0.15, 0.2) is 0 Å². The lowest BCUT2D eigenvalue weighted by Gasteiger charge is -2.13. The monoisotopic (exact) mass is 237 g/mol. The van der Waals surface area contributed by atoms with Crippen LogP contribution in [-0.2, 0) is 12.8 Å². The molecule has 0 unspecified atom stereocenters. The molecular weight excluding hydrogens is 214 g/mol. The number of rotatable bonds is 8. The molecule has 3 heteroatoms. The fourth-order valence-electron chi connectivity index (χ4n) is 1.77. The van der Waals surface area contributed by atoms with Gasteiger partial charge in [0.1, 0.15) is 0 Å². The minimum absolute atomic E-state index is 0.0219. The zero-order valence-corrected chi connectivity index (χ0v) is 10.5. The molecule has 0 fully saturated rings. The Kier molecular flexibility index (Phi) is 6.86. The summed E-state index contributed by atoms with van der Waals surface area (Å²) in [6.45, 7) is 2.92. The average Bonchev–Trinajstić information content (AvgIpc) is 2.37. The van der Waals surface area contributed by atoms with E-state index in [1.165, 1.54) is 17.5 Å². The summed E-state index contributed by atoms with van der Waals surface area (Å²) in [5.41, 5.74) is 2.67. The van der Waals surface area contributed by atoms with Crippen LogP contribution in [-0.4, -0.2) is 36.0 Å². The Labute approximate surface area is 103 Å². The van der Waals surface area contributed by atoms with E-state index in [4.69, 9.17) is 10.2 Å². The van der Waals surface area contributed by atoms with Crippen molar-refractivity contribution >= 4 is 0 Å². The Morgan fingerprint density at radius 1 is 1.00 bits per heavy atom. The summed E-state index contributed by atoms with van der Waals surface area (Å²) in [4.78, 5) is 0. The van der Waals surface area contributed by atoms with Gasteiger partial charge in [-0.05, 0) is 30.5 Å². The van der Waals surface area contributed by atoms with Gasteiger partial charge in [-0.2, -0.15) is 0 Å². The van der Waals surface area contributed by atoms with Crippen LogP contribution in [0.2, 0.25) is 0 Å². The SMILES string of the molecule is CCCc1ccc(CCNC(CO)CO)cc1. The van der Waals surface area contributed by atoms with Crippen LogP contribution >= 0.6 is 0 Å². The quantitative estimate of drug-likeness (QED) is 0.635. The van der Waals surface area contributed by atoms with Crippen molar-refractivity contribution in [1.82, 2.24) is 5.32 Å². The third kappa shape index (κ3) is 5.31. The highest BCUT2D eigenvalue weighted by atomic mass is 16.3. The maximum Gasteiger partial charge on any atom is 0.0607 e. The van der Waals surface area contributed by atoms with E-state index in [2.05, 4.69) is 36.5 Å². The first-order valence-corrected chi connectivity index (χ1v) is 6.33. The number of aliphatic hydroxyl groups is 2. The van der Waals surface area contributed by atoms with Crippen molar-refractivity contribution in [2.75, 3.05) is 19.8 Å². The van der Waals surface area contributed by atoms with Crippen LogP contribution in [0.1, 0.15) is 24.5 Å². The van der Waals surface area contributed by atoms with E-state index in [1.807, 2.05) is 0 Å². The van der Waals surface area contributed by atoms with E-state index in [0.717, 1.165) is 19.4 Å². The van der Waals surface area contributed by atoms with E-state index in [9.17, 15) is 0 Å². The summed E-state index contributed by atoms with van der Waals surface area (Å²) < 4.78 is 0. The Hall–Kier alpha value is -0.900. The van der Waals surface area contributed by atoms with Crippen LogP contribution in [0.25, 0.3) is 0 Å². The molecule has 1 aromatic rings. The zero-order valence-electron chi connectivity index (χ0n) is 10.5. The number of hydrogen-bond donors (Lipinski definition) is 3. The zero-order chi connectivity index (χ0) is 12.5. The molecule has 0 amide bonds. The van der Waals surface area contributed by atoms with Gasteiger partial charge in [-0.1, -0.05) is 37.6 Å². The lowest BCUT2D eigenvalue weighted by atomic mass is 10.1. The molecule has 0 aliphatic carbocycles. The Bertz CT molecular complexity index is 294. The smallest absolute Gasteiger partial charge is 0.0607 e. The molecule has 3 N–H and O–H groups in total. The second-order valence-corrected chi connectivity index (χ2v) is 4.33. The van der Waals surface area contributed by atoms with E-state index in [-0.39, 0.29) is 19.3 Å². The minimum Gasteiger partial charge on any atom is -0.395 e. The van der Waals surface area contributed by atoms with Gasteiger partial charge in [0, 0.05) is 0 Å². The van der Waals surface area contributed by atoms with Crippen LogP contribution in [0.4, 0.5) is 0 Å². The van der Waals surface area contributed by atoms with Crippen molar-refractivity contribution in [3.05, 3.63) is 35.4 Å². The maximum absolute atomic E-state index is 8.90. The summed E-state index contributed by atoms with van der Waals surface area (Å²) in [5, 5.41) is 20.9. The topological polar surface area (TPSA) is 52.5 Å². The molecule has 0 saturated carbocycles. The minimum atomic E-state index is -0.200. The third-order valence-corrected chi connectivity index (χ3v) is 2.85. The fourth-order valence-corrected chi connectivity index (χ4v) is 1.77. The molecule has 0 aliphatic heterocycles. The number of nitrogens with one attached hydrogen (secondary N) is 1. The van der Waals surface area contributed by atoms with E-state index in [0.29, 0.717) is 0 Å². The van der Waals surface area contributed by atoms with Crippen LogP contribution < -0.4 is 5.32 Å². The molecule has 0 spiro atoms. The summed E-state index contributed by atoms with van der Waals surface area (Å²) >= 11 is 0. The van der Waals surface area contributed by atoms with Crippen LogP contribution in [0, 0.1) is 0 Å². The van der Waals surface area contributed by atoms with Gasteiger partial charge in [-0.25, -0.2) is 0 Å². The van der Waals surface area contributed by atoms with Gasteiger partial charge in [-0.15, -0.1) is 0 Å². The highest BCUT2D eigenvalue weighted by Gasteiger charge is 2.03. The van der Waals surface area contributed by atoms with Crippen LogP contribution in [0.5, 0.6) is 0 Å². The van der Waals surface area contributed by atoms with Crippen molar-refractivity contribution in [1.29, 1.82) is 0 Å². The lowest BCUT2D eigenvalue weighted by Crippen LogP contribution is -2.36. The second-order valence-electron chi connectivity index (χ2n) is 4.33. The van der Waals surface area contributed by atoms with E-state index >= 15 is 0 Å². The summed E-state index contributed by atoms with van der Waals surface area (Å²) in [7, 11) is 0. The normalized spacial score (nSPS) is 11.1. The van der Waals surface area contributed by atoms with Gasteiger partial charge in [-0.3, -0.25) is 0 Å². The van der Waals surface area contributed by atoms with Crippen molar-refractivity contribution in [3.63, 3.8) is 0 Å². The highest BCUT2D eigenvalue weighted by Crippen LogP contribution is 2.06. The molecule has 0 atom stereocenters. The van der Waals surface area contributed by atoms with E-state index < -0.39 is 0 Å². The fraction of sp³-hybridized carbons (Fsp3) is 0.571. The summed E-state index contributed by atoms with van der Waals surface area (Å²) in [6.07, 6.45) is 3.23. The summed E-state index contributed by atoms with van der Waals surface area (Å²) in [6, 6.07) is 8.46. The lowest BCUT2D eigenvalue weighted by molar-refractivity contribution is 0.171. The number of aryl methyl sites for hydroxylation is 1. The van der Waals surface area contributed by atoms with E-state index in [1.54, 1.807) is 0 Å². The Morgan fingerprint density at radius 3 is 2.00 bits per heavy atom. The Balaban J connectivity index is 2.31. The van der Waals surface area contributed by atoms with Gasteiger partial charge >= 0.3 is 0 Å². The molecule has 3 nitrogen and oxygen atoms in total. The second kappa shape index (κ2) is 8.23. The molecule has 1 rings (SSSR count). The summed E-state index contributed by atoms with van der Waals surface area (Å²) in [5.74, 6) is 0. The van der Waals surface area contributed by atoms with Crippen LogP contribution in [0.15, 0.2) is 24.3 Å². The predicted octanol–water partition coefficient (Wildman–Crippen LogP) is 1.12. The largest absolute Gasteiger partial charge is 0.395 e. The Morgan fingerprint density at radius 2 is 1.53 bits per heavy atom. The molecule has 0 saturated heterocycles. The maximum atomic E-state index is 8.90. The molecule has 17 heavy (non-hydrogen) atoms. The van der Waals surface area contributed by atoms with Crippen LogP contribution in [0.3, 0.4) is 0 Å². The van der Waals surface area contributed by atoms with Gasteiger partial charge < -0.3 is 15.5 Å². The van der Waals surface area contributed by atoms with Crippen molar-refractivity contribution < 1.29 is 10.2 Å². The van der Waals surface area contributed by atoms with Crippen molar-refractivity contribution in [2.24, 2.45) is 0 Å². The number of benzene rings is 1. The first-order valence-electron chi connectivity index (χ1n) is 6.33. The van der Waals surface area contributed by atoms with Gasteiger partial charge in [0.2, 0.25) is 0 Å². The molecule has 96 valence electrons. The predicted molar refractivity (Wildman–Crippen MR) is 70.1 cm³/mol. The average molecular weight is 237 g/mol. The molecule has 0 radical (unpaired) electrons. The number of hydrogen-bond acceptors (Lipinski definition) is 3. The standard InChI is InChI=1S/C14H23NO2/c1-2-3-12-4-6-13(7-5-12)8-9-15-14(10-16)11-17/h4-7,14-17H,2-3,8-11H2,1H3. The molecule has 0 aliphatic rings. The molecule has 0 heterocycles. The molecule has 0 aromatic heterocycles. The van der Waals surface area contributed by atoms with Gasteiger partial charge in [0.05, 0.1) is 19.3 Å². The first-order chi connectivity index (χ1) is 8.30. The van der Waals surface area contributed by atoms with Crippen molar-refractivity contribution in [2.45, 2.75) is 32.2 Å². The van der Waals surface area contributed by atoms with Crippen molar-refractivity contribution in [3.8, 4) is 0 Å². The first kappa shape index (κ1) is 14.2. The third-order valence-electron chi connectivity index (χ3n) is 2.85. The number of aliphatic hydroxyl groups excluding tert-OH is 2. The highest BCUT2D eigenvalue weighted by molar-refractivity contribution is 5.22. The molecule has 1 aromatic carbocycles.